The van der Waals surface area contributed by atoms with Gasteiger partial charge in [-0.05, 0) is 22.5 Å². The summed E-state index contributed by atoms with van der Waals surface area (Å²) in [5, 5.41) is 5.00. The summed E-state index contributed by atoms with van der Waals surface area (Å²) in [6, 6.07) is 16.4. The fraction of sp³-hybridized carbons (Fsp3) is 0. The SMILES string of the molecule is c1ccc2c3c(oc2c1)-c1oc2ccccc2c1[Si]3. The number of hydrogen-bond donors (Lipinski definition) is 0. The molecule has 2 nitrogen and oxygen atoms in total. The molecule has 19 heavy (non-hydrogen) atoms. The lowest BCUT2D eigenvalue weighted by atomic mass is 10.2. The number of fused-ring (bicyclic) bond motifs is 7. The molecule has 3 heteroatoms. The Morgan fingerprint density at radius 3 is 1.63 bits per heavy atom. The maximum Gasteiger partial charge on any atom is 0.169 e. The molecule has 0 atom stereocenters. The summed E-state index contributed by atoms with van der Waals surface area (Å²) >= 11 is 0. The minimum absolute atomic E-state index is 0.620. The standard InChI is InChI=1S/C16H8O2Si/c1-3-7-11-9(5-1)15-13(17-11)14-16(19-15)10-6-2-4-8-12(10)18-14/h1-8H. The Labute approximate surface area is 111 Å². The van der Waals surface area contributed by atoms with Crippen LogP contribution in [0.25, 0.3) is 33.5 Å². The Hall–Kier alpha value is -2.26. The lowest BCUT2D eigenvalue weighted by Gasteiger charge is -1.92. The highest BCUT2D eigenvalue weighted by Crippen LogP contribution is 2.32. The Morgan fingerprint density at radius 1 is 0.632 bits per heavy atom. The maximum atomic E-state index is 5.98. The van der Waals surface area contributed by atoms with Crippen LogP contribution in [0.5, 0.6) is 0 Å². The van der Waals surface area contributed by atoms with Crippen LogP contribution in [0.1, 0.15) is 0 Å². The summed E-state index contributed by atoms with van der Waals surface area (Å²) in [4.78, 5) is 0. The zero-order valence-corrected chi connectivity index (χ0v) is 10.9. The summed E-state index contributed by atoms with van der Waals surface area (Å²) < 4.78 is 12.0. The number of furan rings is 2. The molecule has 0 amide bonds. The van der Waals surface area contributed by atoms with E-state index in [0.717, 1.165) is 22.7 Å². The molecule has 5 rings (SSSR count). The normalized spacial score (nSPS) is 13.1. The first-order valence-electron chi connectivity index (χ1n) is 6.22. The van der Waals surface area contributed by atoms with Crippen molar-refractivity contribution in [2.75, 3.05) is 0 Å². The molecule has 2 aromatic carbocycles. The van der Waals surface area contributed by atoms with Crippen molar-refractivity contribution in [3.63, 3.8) is 0 Å². The molecule has 4 aromatic rings. The molecule has 0 fully saturated rings. The van der Waals surface area contributed by atoms with E-state index >= 15 is 0 Å². The Morgan fingerprint density at radius 2 is 1.11 bits per heavy atom. The molecule has 2 radical (unpaired) electrons. The van der Waals surface area contributed by atoms with Crippen LogP contribution in [-0.4, -0.2) is 9.52 Å². The van der Waals surface area contributed by atoms with Crippen LogP contribution in [-0.2, 0) is 0 Å². The molecule has 3 heterocycles. The number of hydrogen-bond acceptors (Lipinski definition) is 2. The lowest BCUT2D eigenvalue weighted by Crippen LogP contribution is -2.20. The van der Waals surface area contributed by atoms with E-state index in [4.69, 9.17) is 8.83 Å². The van der Waals surface area contributed by atoms with Crippen LogP contribution in [0, 0.1) is 0 Å². The first-order valence-corrected chi connectivity index (χ1v) is 7.22. The van der Waals surface area contributed by atoms with Gasteiger partial charge in [-0.25, -0.2) is 0 Å². The van der Waals surface area contributed by atoms with Gasteiger partial charge in [0.15, 0.2) is 11.5 Å². The molecule has 88 valence electrons. The fourth-order valence-electron chi connectivity index (χ4n) is 2.78. The third-order valence-corrected chi connectivity index (χ3v) is 5.14. The largest absolute Gasteiger partial charge is 0.453 e. The topological polar surface area (TPSA) is 26.3 Å². The molecule has 1 aliphatic heterocycles. The lowest BCUT2D eigenvalue weighted by molar-refractivity contribution is 0.574. The molecule has 1 aliphatic rings. The van der Waals surface area contributed by atoms with Gasteiger partial charge in [-0.3, -0.25) is 0 Å². The average molecular weight is 260 g/mol. The number of benzene rings is 2. The van der Waals surface area contributed by atoms with E-state index in [1.54, 1.807) is 0 Å². The van der Waals surface area contributed by atoms with Crippen molar-refractivity contribution in [1.82, 2.24) is 0 Å². The molecule has 2 aromatic heterocycles. The van der Waals surface area contributed by atoms with Crippen LogP contribution in [0.3, 0.4) is 0 Å². The second-order valence-electron chi connectivity index (χ2n) is 4.73. The van der Waals surface area contributed by atoms with Gasteiger partial charge >= 0.3 is 0 Å². The zero-order chi connectivity index (χ0) is 12.4. The molecular formula is C16H8O2Si. The molecule has 0 bridgehead atoms. The zero-order valence-electron chi connectivity index (χ0n) is 9.94. The van der Waals surface area contributed by atoms with E-state index in [0.29, 0.717) is 9.52 Å². The highest BCUT2D eigenvalue weighted by Gasteiger charge is 2.31. The molecule has 0 aliphatic carbocycles. The van der Waals surface area contributed by atoms with Crippen molar-refractivity contribution in [3.8, 4) is 11.5 Å². The predicted molar refractivity (Wildman–Crippen MR) is 76.4 cm³/mol. The Balaban J connectivity index is 1.91. The highest BCUT2D eigenvalue weighted by molar-refractivity contribution is 6.77. The molecule has 0 unspecified atom stereocenters. The van der Waals surface area contributed by atoms with E-state index in [-0.39, 0.29) is 0 Å². The molecule has 0 N–H and O–H groups in total. The van der Waals surface area contributed by atoms with Gasteiger partial charge in [-0.15, -0.1) is 0 Å². The van der Waals surface area contributed by atoms with Crippen LogP contribution < -0.4 is 10.4 Å². The average Bonchev–Trinajstić information content (AvgIpc) is 3.07. The van der Waals surface area contributed by atoms with Crippen molar-refractivity contribution in [2.24, 2.45) is 0 Å². The first kappa shape index (κ1) is 9.64. The van der Waals surface area contributed by atoms with Crippen LogP contribution >= 0.6 is 0 Å². The Kier molecular flexibility index (Phi) is 1.62. The Bertz CT molecular complexity index is 868. The van der Waals surface area contributed by atoms with Gasteiger partial charge in [-0.1, -0.05) is 36.4 Å². The summed E-state index contributed by atoms with van der Waals surface area (Å²) in [5.74, 6) is 1.84. The minimum Gasteiger partial charge on any atom is -0.453 e. The van der Waals surface area contributed by atoms with Gasteiger partial charge in [0.25, 0.3) is 0 Å². The van der Waals surface area contributed by atoms with Gasteiger partial charge in [0.1, 0.15) is 20.7 Å². The van der Waals surface area contributed by atoms with Gasteiger partial charge < -0.3 is 8.83 Å². The van der Waals surface area contributed by atoms with Crippen LogP contribution in [0.2, 0.25) is 0 Å². The molecular weight excluding hydrogens is 252 g/mol. The smallest absolute Gasteiger partial charge is 0.169 e. The molecule has 0 saturated heterocycles. The minimum atomic E-state index is 0.620. The van der Waals surface area contributed by atoms with Gasteiger partial charge in [0.05, 0.1) is 0 Å². The fourth-order valence-corrected chi connectivity index (χ4v) is 4.27. The van der Waals surface area contributed by atoms with Crippen molar-refractivity contribution in [3.05, 3.63) is 48.5 Å². The highest BCUT2D eigenvalue weighted by atomic mass is 28.2. The van der Waals surface area contributed by atoms with E-state index in [1.165, 1.54) is 21.1 Å². The maximum absolute atomic E-state index is 5.98. The van der Waals surface area contributed by atoms with E-state index in [2.05, 4.69) is 24.3 Å². The van der Waals surface area contributed by atoms with Crippen LogP contribution in [0.4, 0.5) is 0 Å². The molecule has 0 spiro atoms. The monoisotopic (exact) mass is 260 g/mol. The van der Waals surface area contributed by atoms with E-state index < -0.39 is 0 Å². The summed E-state index contributed by atoms with van der Waals surface area (Å²) in [6.07, 6.45) is 0. The van der Waals surface area contributed by atoms with E-state index in [9.17, 15) is 0 Å². The van der Waals surface area contributed by atoms with Crippen molar-refractivity contribution in [1.29, 1.82) is 0 Å². The van der Waals surface area contributed by atoms with Gasteiger partial charge in [-0.2, -0.15) is 0 Å². The second-order valence-corrected chi connectivity index (χ2v) is 5.98. The summed E-state index contributed by atoms with van der Waals surface area (Å²) in [5.41, 5.74) is 1.90. The van der Waals surface area contributed by atoms with Crippen molar-refractivity contribution >= 4 is 41.8 Å². The summed E-state index contributed by atoms with van der Waals surface area (Å²) in [7, 11) is 0.620. The van der Waals surface area contributed by atoms with Gasteiger partial charge in [0, 0.05) is 10.8 Å². The predicted octanol–water partition coefficient (Wildman–Crippen LogP) is 2.81. The third-order valence-electron chi connectivity index (χ3n) is 3.65. The number of rotatable bonds is 0. The quantitative estimate of drug-likeness (QED) is 0.400. The third kappa shape index (κ3) is 1.11. The molecule has 0 saturated carbocycles. The van der Waals surface area contributed by atoms with Gasteiger partial charge in [0.2, 0.25) is 0 Å². The van der Waals surface area contributed by atoms with Crippen LogP contribution in [0.15, 0.2) is 57.4 Å². The number of para-hydroxylation sites is 2. The second kappa shape index (κ2) is 3.19. The summed E-state index contributed by atoms with van der Waals surface area (Å²) in [6.45, 7) is 0. The first-order chi connectivity index (χ1) is 9.42. The van der Waals surface area contributed by atoms with Crippen molar-refractivity contribution < 1.29 is 8.83 Å². The van der Waals surface area contributed by atoms with E-state index in [1.807, 2.05) is 24.3 Å². The van der Waals surface area contributed by atoms with Crippen molar-refractivity contribution in [2.45, 2.75) is 0 Å².